The first-order chi connectivity index (χ1) is 18.1. The number of hydrogen-bond donors (Lipinski definition) is 0. The summed E-state index contributed by atoms with van der Waals surface area (Å²) in [5, 5.41) is 4.06. The molecule has 2 aromatic carbocycles. The van der Waals surface area contributed by atoms with E-state index >= 15 is 0 Å². The van der Waals surface area contributed by atoms with Crippen LogP contribution in [0.5, 0.6) is 0 Å². The van der Waals surface area contributed by atoms with Crippen LogP contribution in [0.1, 0.15) is 41.6 Å². The quantitative estimate of drug-likeness (QED) is 0.143. The average molecular weight is 529 g/mol. The zero-order valence-corrected chi connectivity index (χ0v) is 21.9. The van der Waals surface area contributed by atoms with Crippen molar-refractivity contribution in [2.75, 3.05) is 59.4 Å². The van der Waals surface area contributed by atoms with Crippen LogP contribution in [0.3, 0.4) is 0 Å². The third kappa shape index (κ3) is 6.26. The van der Waals surface area contributed by atoms with Gasteiger partial charge < -0.3 is 23.8 Å². The molecule has 0 spiro atoms. The molecular weight excluding hydrogens is 496 g/mol. The summed E-state index contributed by atoms with van der Waals surface area (Å²) in [6.45, 7) is 5.82. The molecule has 0 aliphatic carbocycles. The van der Waals surface area contributed by atoms with Crippen molar-refractivity contribution < 1.29 is 23.7 Å². The topological polar surface area (TPSA) is 106 Å². The van der Waals surface area contributed by atoms with Gasteiger partial charge >= 0.3 is 0 Å². The van der Waals surface area contributed by atoms with Crippen molar-refractivity contribution in [3.63, 3.8) is 0 Å². The van der Waals surface area contributed by atoms with Gasteiger partial charge in [-0.3, -0.25) is 4.79 Å². The van der Waals surface area contributed by atoms with Crippen LogP contribution in [0.4, 0.5) is 0 Å². The molecule has 0 saturated carbocycles. The molecule has 9 nitrogen and oxygen atoms in total. The Kier molecular flexibility index (Phi) is 9.80. The highest BCUT2D eigenvalue weighted by Gasteiger charge is 2.53. The van der Waals surface area contributed by atoms with Gasteiger partial charge in [0.05, 0.1) is 70.9 Å². The predicted octanol–water partition coefficient (Wildman–Crippen LogP) is 4.81. The number of ether oxygens (including phenoxy) is 4. The van der Waals surface area contributed by atoms with Crippen molar-refractivity contribution in [1.29, 1.82) is 0 Å². The first kappa shape index (κ1) is 27.4. The summed E-state index contributed by atoms with van der Waals surface area (Å²) in [5.41, 5.74) is 12.4. The summed E-state index contributed by atoms with van der Waals surface area (Å²) >= 11 is 6.37. The molecule has 10 heteroatoms. The molecule has 0 fully saturated rings. The maximum atomic E-state index is 13.5. The van der Waals surface area contributed by atoms with Gasteiger partial charge in [0.2, 0.25) is 5.91 Å². The van der Waals surface area contributed by atoms with Gasteiger partial charge in [0.15, 0.2) is 0 Å². The molecule has 1 amide bonds. The lowest BCUT2D eigenvalue weighted by Crippen LogP contribution is -2.49. The van der Waals surface area contributed by atoms with Gasteiger partial charge in [-0.25, -0.2) is 0 Å². The van der Waals surface area contributed by atoms with E-state index in [0.29, 0.717) is 70.8 Å². The fraction of sp³-hybridized carbons (Fsp3) is 0.519. The molecule has 4 rings (SSSR count). The van der Waals surface area contributed by atoms with Crippen molar-refractivity contribution in [3.05, 3.63) is 80.2 Å². The van der Waals surface area contributed by atoms with Crippen molar-refractivity contribution in [3.8, 4) is 0 Å². The maximum Gasteiger partial charge on any atom is 0.226 e. The Labute approximate surface area is 222 Å². The van der Waals surface area contributed by atoms with Gasteiger partial charge in [0.25, 0.3) is 0 Å². The second-order valence-corrected chi connectivity index (χ2v) is 9.53. The molecule has 2 aromatic rings. The molecular formula is C27H33ClN4O5. The molecule has 198 valence electrons. The SMILES string of the molecule is CC12c3cc(Cl)ccc3CC(c3ccccc31)N2C(=O)CCOCCOCCOCCOCCN=[N+]=[N-]. The van der Waals surface area contributed by atoms with Gasteiger partial charge in [0.1, 0.15) is 0 Å². The van der Waals surface area contributed by atoms with Gasteiger partial charge in [0, 0.05) is 16.5 Å². The largest absolute Gasteiger partial charge is 0.379 e. The van der Waals surface area contributed by atoms with E-state index in [2.05, 4.69) is 35.1 Å². The lowest BCUT2D eigenvalue weighted by atomic mass is 9.80. The van der Waals surface area contributed by atoms with E-state index in [1.807, 2.05) is 29.2 Å². The molecule has 2 bridgehead atoms. The van der Waals surface area contributed by atoms with Crippen LogP contribution in [0.2, 0.25) is 5.02 Å². The number of amides is 1. The molecule has 2 aliphatic heterocycles. The Hall–Kier alpha value is -2.65. The van der Waals surface area contributed by atoms with Gasteiger partial charge in [-0.2, -0.15) is 0 Å². The first-order valence-electron chi connectivity index (χ1n) is 12.6. The summed E-state index contributed by atoms with van der Waals surface area (Å²) in [6, 6.07) is 14.4. The molecule has 2 aliphatic rings. The van der Waals surface area contributed by atoms with Crippen LogP contribution in [0.15, 0.2) is 47.6 Å². The minimum absolute atomic E-state index is 0.0159. The fourth-order valence-electron chi connectivity index (χ4n) is 5.29. The van der Waals surface area contributed by atoms with Crippen molar-refractivity contribution in [2.45, 2.75) is 31.3 Å². The highest BCUT2D eigenvalue weighted by atomic mass is 35.5. The van der Waals surface area contributed by atoms with Crippen molar-refractivity contribution >= 4 is 17.5 Å². The van der Waals surface area contributed by atoms with E-state index in [1.54, 1.807) is 0 Å². The zero-order chi connectivity index (χ0) is 26.1. The third-order valence-corrected chi connectivity index (χ3v) is 7.13. The van der Waals surface area contributed by atoms with Crippen molar-refractivity contribution in [2.24, 2.45) is 5.11 Å². The Bertz CT molecular complexity index is 1130. The number of halogens is 1. The van der Waals surface area contributed by atoms with E-state index in [-0.39, 0.29) is 11.9 Å². The highest BCUT2D eigenvalue weighted by molar-refractivity contribution is 6.30. The molecule has 2 unspecified atom stereocenters. The predicted molar refractivity (Wildman–Crippen MR) is 140 cm³/mol. The number of nitrogens with zero attached hydrogens (tertiary/aromatic N) is 4. The van der Waals surface area contributed by atoms with E-state index in [9.17, 15) is 4.79 Å². The van der Waals surface area contributed by atoms with Gasteiger partial charge in [-0.15, -0.1) is 0 Å². The van der Waals surface area contributed by atoms with Crippen molar-refractivity contribution in [1.82, 2.24) is 4.90 Å². The second-order valence-electron chi connectivity index (χ2n) is 9.10. The number of benzene rings is 2. The monoisotopic (exact) mass is 528 g/mol. The minimum Gasteiger partial charge on any atom is -0.379 e. The average Bonchev–Trinajstić information content (AvgIpc) is 3.10. The molecule has 0 saturated heterocycles. The normalized spacial score (nSPS) is 19.3. The number of hydrogen-bond acceptors (Lipinski definition) is 6. The van der Waals surface area contributed by atoms with Crippen LogP contribution < -0.4 is 0 Å². The first-order valence-corrected chi connectivity index (χ1v) is 13.0. The maximum absolute atomic E-state index is 13.5. The van der Waals surface area contributed by atoms with E-state index < -0.39 is 5.54 Å². The zero-order valence-electron chi connectivity index (χ0n) is 21.1. The van der Waals surface area contributed by atoms with Crippen LogP contribution >= 0.6 is 11.6 Å². The Balaban J connectivity index is 1.18. The summed E-state index contributed by atoms with van der Waals surface area (Å²) in [7, 11) is 0. The molecule has 2 heterocycles. The highest BCUT2D eigenvalue weighted by Crippen LogP contribution is 2.55. The standard InChI is InChI=1S/C27H33ClN4O5/c1-27-23-5-3-2-4-22(23)25(18-20-6-7-21(28)19-24(20)27)32(27)26(33)8-10-34-12-14-36-16-17-37-15-13-35-11-9-30-31-29/h2-7,19,25H,8-18H2,1H3. The summed E-state index contributed by atoms with van der Waals surface area (Å²) < 4.78 is 21.9. The lowest BCUT2D eigenvalue weighted by Gasteiger charge is -2.44. The molecule has 37 heavy (non-hydrogen) atoms. The Morgan fingerprint density at radius 1 is 1.00 bits per heavy atom. The Morgan fingerprint density at radius 2 is 1.65 bits per heavy atom. The molecule has 0 aromatic heterocycles. The number of carbonyl (C=O) groups excluding carboxylic acids is 1. The number of azide groups is 1. The number of fused-ring (bicyclic) bond motifs is 7. The van der Waals surface area contributed by atoms with Crippen LogP contribution in [-0.4, -0.2) is 70.2 Å². The smallest absolute Gasteiger partial charge is 0.226 e. The van der Waals surface area contributed by atoms with Gasteiger partial charge in [-0.1, -0.05) is 47.0 Å². The Morgan fingerprint density at radius 3 is 2.35 bits per heavy atom. The summed E-state index contributed by atoms with van der Waals surface area (Å²) in [4.78, 5) is 18.2. The van der Waals surface area contributed by atoms with E-state index in [0.717, 1.165) is 12.0 Å². The molecule has 0 N–H and O–H groups in total. The van der Waals surface area contributed by atoms with E-state index in [1.165, 1.54) is 16.7 Å². The van der Waals surface area contributed by atoms with Crippen LogP contribution in [0.25, 0.3) is 10.4 Å². The molecule has 0 radical (unpaired) electrons. The lowest BCUT2D eigenvalue weighted by molar-refractivity contribution is -0.140. The summed E-state index contributed by atoms with van der Waals surface area (Å²) in [6.07, 6.45) is 1.09. The van der Waals surface area contributed by atoms with Crippen LogP contribution in [0, 0.1) is 0 Å². The number of rotatable bonds is 15. The van der Waals surface area contributed by atoms with Gasteiger partial charge in [-0.05, 0) is 53.3 Å². The summed E-state index contributed by atoms with van der Waals surface area (Å²) in [5.74, 6) is 0.0743. The number of carbonyl (C=O) groups is 1. The fourth-order valence-corrected chi connectivity index (χ4v) is 5.46. The van der Waals surface area contributed by atoms with Crippen LogP contribution in [-0.2, 0) is 35.7 Å². The van der Waals surface area contributed by atoms with E-state index in [4.69, 9.17) is 36.1 Å². The minimum atomic E-state index is -0.546. The second kappa shape index (κ2) is 13.2. The third-order valence-electron chi connectivity index (χ3n) is 6.89. The molecule has 2 atom stereocenters.